The van der Waals surface area contributed by atoms with E-state index in [0.717, 1.165) is 49.2 Å². The van der Waals surface area contributed by atoms with Gasteiger partial charge in [0.15, 0.2) is 5.13 Å². The number of rotatable bonds is 3. The van der Waals surface area contributed by atoms with Gasteiger partial charge >= 0.3 is 0 Å². The minimum Gasteiger partial charge on any atom is -0.399 e. The number of nitrogen functional groups attached to an aromatic ring is 1. The van der Waals surface area contributed by atoms with E-state index in [-0.39, 0.29) is 0 Å². The van der Waals surface area contributed by atoms with E-state index in [1.165, 1.54) is 0 Å². The highest BCUT2D eigenvalue weighted by Crippen LogP contribution is 2.19. The van der Waals surface area contributed by atoms with Crippen LogP contribution in [0.15, 0.2) is 29.9 Å². The molecule has 0 bridgehead atoms. The lowest BCUT2D eigenvalue weighted by Gasteiger charge is -2.34. The minimum absolute atomic E-state index is 0.784. The Labute approximate surface area is 116 Å². The van der Waals surface area contributed by atoms with Crippen molar-refractivity contribution in [3.63, 3.8) is 0 Å². The summed E-state index contributed by atoms with van der Waals surface area (Å²) in [6.45, 7) is 4.99. The van der Waals surface area contributed by atoms with Crippen molar-refractivity contribution in [2.24, 2.45) is 0 Å². The van der Waals surface area contributed by atoms with Gasteiger partial charge < -0.3 is 10.6 Å². The minimum atomic E-state index is 0.784. The zero-order chi connectivity index (χ0) is 13.1. The number of nitrogens with zero attached hydrogens (tertiary/aromatic N) is 4. The number of anilines is 2. The molecule has 3 rings (SSSR count). The lowest BCUT2D eigenvalue weighted by molar-refractivity contribution is 0.247. The van der Waals surface area contributed by atoms with Crippen LogP contribution in [0.3, 0.4) is 0 Å². The molecular formula is C13H17N5S. The van der Waals surface area contributed by atoms with Gasteiger partial charge in [-0.15, -0.1) is 11.3 Å². The molecule has 0 aliphatic carbocycles. The van der Waals surface area contributed by atoms with Crippen LogP contribution in [0.4, 0.5) is 10.8 Å². The highest BCUT2D eigenvalue weighted by molar-refractivity contribution is 7.13. The summed E-state index contributed by atoms with van der Waals surface area (Å²) in [5.74, 6) is 0. The molecule has 0 radical (unpaired) electrons. The number of piperazine rings is 1. The Bertz CT molecular complexity index is 520. The summed E-state index contributed by atoms with van der Waals surface area (Å²) in [6, 6.07) is 3.77. The summed E-state index contributed by atoms with van der Waals surface area (Å²) >= 11 is 1.70. The van der Waals surface area contributed by atoms with Gasteiger partial charge in [-0.2, -0.15) is 0 Å². The van der Waals surface area contributed by atoms with Crippen molar-refractivity contribution in [3.8, 4) is 0 Å². The quantitative estimate of drug-likeness (QED) is 0.918. The maximum atomic E-state index is 5.78. The van der Waals surface area contributed by atoms with E-state index in [1.807, 2.05) is 23.7 Å². The maximum Gasteiger partial charge on any atom is 0.185 e. The summed E-state index contributed by atoms with van der Waals surface area (Å²) < 4.78 is 0. The van der Waals surface area contributed by atoms with E-state index in [2.05, 4.69) is 19.8 Å². The van der Waals surface area contributed by atoms with Crippen LogP contribution in [0.25, 0.3) is 0 Å². The summed E-state index contributed by atoms with van der Waals surface area (Å²) in [4.78, 5) is 13.5. The van der Waals surface area contributed by atoms with Crippen molar-refractivity contribution in [1.29, 1.82) is 0 Å². The fourth-order valence-corrected chi connectivity index (χ4v) is 2.98. The van der Waals surface area contributed by atoms with E-state index in [9.17, 15) is 0 Å². The number of hydrogen-bond acceptors (Lipinski definition) is 6. The van der Waals surface area contributed by atoms with Crippen LogP contribution in [0.2, 0.25) is 0 Å². The Morgan fingerprint density at radius 1 is 1.16 bits per heavy atom. The summed E-state index contributed by atoms with van der Waals surface area (Å²) in [5, 5.41) is 3.15. The monoisotopic (exact) mass is 275 g/mol. The van der Waals surface area contributed by atoms with Crippen LogP contribution in [0.1, 0.15) is 5.69 Å². The third-order valence-corrected chi connectivity index (χ3v) is 4.12. The van der Waals surface area contributed by atoms with Crippen molar-refractivity contribution in [3.05, 3.63) is 35.6 Å². The molecule has 0 unspecified atom stereocenters. The van der Waals surface area contributed by atoms with Crippen LogP contribution in [-0.2, 0) is 6.54 Å². The molecule has 100 valence electrons. The molecule has 0 spiro atoms. The SMILES string of the molecule is Nc1ccnc(CN2CCN(c3nccs3)CC2)c1. The van der Waals surface area contributed by atoms with Gasteiger partial charge in [0.05, 0.1) is 5.69 Å². The standard InChI is InChI=1S/C13H17N5S/c14-11-1-2-15-12(9-11)10-17-4-6-18(7-5-17)13-16-3-8-19-13/h1-3,8-9H,4-7,10H2,(H2,14,15). The Balaban J connectivity index is 1.56. The molecule has 1 fully saturated rings. The molecule has 19 heavy (non-hydrogen) atoms. The van der Waals surface area contributed by atoms with Gasteiger partial charge in [-0.1, -0.05) is 0 Å². The Kier molecular flexibility index (Phi) is 3.61. The van der Waals surface area contributed by atoms with Crippen LogP contribution < -0.4 is 10.6 Å². The van der Waals surface area contributed by atoms with E-state index in [1.54, 1.807) is 17.5 Å². The number of hydrogen-bond donors (Lipinski definition) is 1. The van der Waals surface area contributed by atoms with E-state index in [4.69, 9.17) is 5.73 Å². The van der Waals surface area contributed by atoms with Crippen LogP contribution in [-0.4, -0.2) is 41.0 Å². The van der Waals surface area contributed by atoms with Gasteiger partial charge in [0, 0.05) is 56.2 Å². The second-order valence-electron chi connectivity index (χ2n) is 4.66. The zero-order valence-electron chi connectivity index (χ0n) is 10.7. The largest absolute Gasteiger partial charge is 0.399 e. The molecule has 0 aromatic carbocycles. The molecule has 5 nitrogen and oxygen atoms in total. The van der Waals surface area contributed by atoms with Gasteiger partial charge in [0.25, 0.3) is 0 Å². The molecule has 2 aromatic heterocycles. The second-order valence-corrected chi connectivity index (χ2v) is 5.53. The number of aromatic nitrogens is 2. The molecule has 1 aliphatic heterocycles. The summed E-state index contributed by atoms with van der Waals surface area (Å²) in [7, 11) is 0. The first kappa shape index (κ1) is 12.4. The molecule has 2 aromatic rings. The Hall–Kier alpha value is -1.66. The number of pyridine rings is 1. The van der Waals surface area contributed by atoms with Gasteiger partial charge in [0.2, 0.25) is 0 Å². The Morgan fingerprint density at radius 2 is 2.00 bits per heavy atom. The van der Waals surface area contributed by atoms with Crippen LogP contribution in [0, 0.1) is 0 Å². The molecule has 2 N–H and O–H groups in total. The first-order chi connectivity index (χ1) is 9.31. The van der Waals surface area contributed by atoms with Crippen molar-refractivity contribution >= 4 is 22.2 Å². The Morgan fingerprint density at radius 3 is 2.68 bits per heavy atom. The first-order valence-electron chi connectivity index (χ1n) is 6.38. The van der Waals surface area contributed by atoms with Crippen LogP contribution in [0.5, 0.6) is 0 Å². The third kappa shape index (κ3) is 3.02. The van der Waals surface area contributed by atoms with Gasteiger partial charge in [-0.05, 0) is 12.1 Å². The van der Waals surface area contributed by atoms with Gasteiger partial charge in [-0.25, -0.2) is 4.98 Å². The predicted molar refractivity (Wildman–Crippen MR) is 78.3 cm³/mol. The van der Waals surface area contributed by atoms with Crippen molar-refractivity contribution < 1.29 is 0 Å². The van der Waals surface area contributed by atoms with Crippen molar-refractivity contribution in [2.75, 3.05) is 36.8 Å². The lowest BCUT2D eigenvalue weighted by atomic mass is 10.2. The smallest absolute Gasteiger partial charge is 0.185 e. The molecule has 0 atom stereocenters. The average molecular weight is 275 g/mol. The maximum absolute atomic E-state index is 5.78. The third-order valence-electron chi connectivity index (χ3n) is 3.29. The van der Waals surface area contributed by atoms with Gasteiger partial charge in [-0.3, -0.25) is 9.88 Å². The predicted octanol–water partition coefficient (Wildman–Crippen LogP) is 1.44. The van der Waals surface area contributed by atoms with E-state index >= 15 is 0 Å². The van der Waals surface area contributed by atoms with Crippen LogP contribution >= 0.6 is 11.3 Å². The van der Waals surface area contributed by atoms with E-state index < -0.39 is 0 Å². The molecule has 3 heterocycles. The number of nitrogens with two attached hydrogens (primary N) is 1. The lowest BCUT2D eigenvalue weighted by Crippen LogP contribution is -2.46. The molecule has 1 aliphatic rings. The molecule has 0 amide bonds. The highest BCUT2D eigenvalue weighted by Gasteiger charge is 2.18. The fourth-order valence-electron chi connectivity index (χ4n) is 2.28. The fraction of sp³-hybridized carbons (Fsp3) is 0.385. The van der Waals surface area contributed by atoms with Gasteiger partial charge in [0.1, 0.15) is 0 Å². The first-order valence-corrected chi connectivity index (χ1v) is 7.26. The summed E-state index contributed by atoms with van der Waals surface area (Å²) in [5.41, 5.74) is 7.60. The molecule has 0 saturated carbocycles. The summed E-state index contributed by atoms with van der Waals surface area (Å²) in [6.07, 6.45) is 3.64. The molecular weight excluding hydrogens is 258 g/mol. The second kappa shape index (κ2) is 5.54. The molecule has 6 heteroatoms. The van der Waals surface area contributed by atoms with E-state index in [0.29, 0.717) is 0 Å². The highest BCUT2D eigenvalue weighted by atomic mass is 32.1. The number of thiazole rings is 1. The van der Waals surface area contributed by atoms with Crippen molar-refractivity contribution in [2.45, 2.75) is 6.54 Å². The normalized spacial score (nSPS) is 16.7. The van der Waals surface area contributed by atoms with Crippen molar-refractivity contribution in [1.82, 2.24) is 14.9 Å². The molecule has 1 saturated heterocycles. The zero-order valence-corrected chi connectivity index (χ0v) is 11.5. The average Bonchev–Trinajstić information content (AvgIpc) is 2.94. The topological polar surface area (TPSA) is 58.3 Å².